The quantitative estimate of drug-likeness (QED) is 0.707. The van der Waals surface area contributed by atoms with E-state index >= 15 is 0 Å². The Morgan fingerprint density at radius 2 is 2.07 bits per heavy atom. The van der Waals surface area contributed by atoms with Crippen LogP contribution in [0.2, 0.25) is 0 Å². The molecular weight excluding hydrogens is 180 g/mol. The maximum atomic E-state index is 10.3. The minimum atomic E-state index is -0.969. The zero-order chi connectivity index (χ0) is 10.4. The smallest absolute Gasteiger partial charge is 0.328 e. The maximum Gasteiger partial charge on any atom is 0.328 e. The van der Waals surface area contributed by atoms with E-state index in [0.717, 1.165) is 17.2 Å². The molecule has 0 aliphatic carbocycles. The van der Waals surface area contributed by atoms with Gasteiger partial charge in [-0.25, -0.2) is 4.79 Å². The van der Waals surface area contributed by atoms with Crippen LogP contribution in [0, 0.1) is 0 Å². The Balaban J connectivity index is 2.89. The Kier molecular flexibility index (Phi) is 3.88. The van der Waals surface area contributed by atoms with Crippen molar-refractivity contribution in [1.82, 2.24) is 0 Å². The van der Waals surface area contributed by atoms with E-state index in [2.05, 4.69) is 0 Å². The van der Waals surface area contributed by atoms with Gasteiger partial charge >= 0.3 is 5.97 Å². The van der Waals surface area contributed by atoms with E-state index < -0.39 is 5.97 Å². The number of hydrogen-bond donors (Lipinski definition) is 2. The molecule has 14 heavy (non-hydrogen) atoms. The lowest BCUT2D eigenvalue weighted by Crippen LogP contribution is -1.94. The first-order chi connectivity index (χ1) is 6.74. The van der Waals surface area contributed by atoms with Crippen LogP contribution in [0.5, 0.6) is 0 Å². The van der Waals surface area contributed by atoms with E-state index in [4.69, 9.17) is 10.2 Å². The van der Waals surface area contributed by atoms with Crippen molar-refractivity contribution in [2.75, 3.05) is 6.61 Å². The Bertz CT molecular complexity index is 342. The summed E-state index contributed by atoms with van der Waals surface area (Å²) in [7, 11) is 0. The van der Waals surface area contributed by atoms with Gasteiger partial charge in [-0.15, -0.1) is 0 Å². The minimum Gasteiger partial charge on any atom is -0.478 e. The molecule has 0 aliphatic heterocycles. The standard InChI is InChI=1S/C11H12O3/c12-8-7-10-4-2-1-3-9(10)5-6-11(13)14/h1-6,12H,7-8H2,(H,13,14)/b6-5+. The summed E-state index contributed by atoms with van der Waals surface area (Å²) in [5.74, 6) is -0.969. The number of aliphatic hydroxyl groups is 1. The van der Waals surface area contributed by atoms with E-state index in [1.165, 1.54) is 6.08 Å². The lowest BCUT2D eigenvalue weighted by molar-refractivity contribution is -0.131. The summed E-state index contributed by atoms with van der Waals surface area (Å²) in [5.41, 5.74) is 1.79. The zero-order valence-corrected chi connectivity index (χ0v) is 7.68. The minimum absolute atomic E-state index is 0.0674. The highest BCUT2D eigenvalue weighted by Crippen LogP contribution is 2.10. The summed E-state index contributed by atoms with van der Waals surface area (Å²) in [5, 5.41) is 17.2. The number of hydrogen-bond acceptors (Lipinski definition) is 2. The molecule has 0 heterocycles. The molecule has 0 spiro atoms. The van der Waals surface area contributed by atoms with E-state index in [1.54, 1.807) is 0 Å². The molecule has 0 aromatic heterocycles. The van der Waals surface area contributed by atoms with Crippen LogP contribution in [-0.2, 0) is 11.2 Å². The molecule has 3 heteroatoms. The van der Waals surface area contributed by atoms with Crippen LogP contribution in [0.25, 0.3) is 6.08 Å². The van der Waals surface area contributed by atoms with Gasteiger partial charge in [-0.3, -0.25) is 0 Å². The number of rotatable bonds is 4. The highest BCUT2D eigenvalue weighted by molar-refractivity contribution is 5.85. The summed E-state index contributed by atoms with van der Waals surface area (Å²) in [6.45, 7) is 0.0674. The van der Waals surface area contributed by atoms with Gasteiger partial charge in [0, 0.05) is 12.7 Å². The first-order valence-electron chi connectivity index (χ1n) is 4.34. The Morgan fingerprint density at radius 1 is 1.36 bits per heavy atom. The van der Waals surface area contributed by atoms with E-state index in [1.807, 2.05) is 24.3 Å². The molecule has 74 valence electrons. The van der Waals surface area contributed by atoms with Crippen LogP contribution in [0.3, 0.4) is 0 Å². The van der Waals surface area contributed by atoms with Crippen molar-refractivity contribution in [3.8, 4) is 0 Å². The van der Waals surface area contributed by atoms with Crippen LogP contribution in [0.15, 0.2) is 30.3 Å². The van der Waals surface area contributed by atoms with Gasteiger partial charge < -0.3 is 10.2 Å². The monoisotopic (exact) mass is 192 g/mol. The van der Waals surface area contributed by atoms with Gasteiger partial charge in [0.05, 0.1) is 0 Å². The number of carbonyl (C=O) groups is 1. The average molecular weight is 192 g/mol. The predicted octanol–water partition coefficient (Wildman–Crippen LogP) is 1.32. The van der Waals surface area contributed by atoms with Gasteiger partial charge in [0.15, 0.2) is 0 Å². The Hall–Kier alpha value is -1.61. The van der Waals surface area contributed by atoms with Crippen molar-refractivity contribution in [2.24, 2.45) is 0 Å². The van der Waals surface area contributed by atoms with Crippen molar-refractivity contribution in [1.29, 1.82) is 0 Å². The third kappa shape index (κ3) is 3.03. The van der Waals surface area contributed by atoms with Gasteiger partial charge in [0.25, 0.3) is 0 Å². The number of carboxylic acids is 1. The van der Waals surface area contributed by atoms with Crippen LogP contribution in [0.4, 0.5) is 0 Å². The molecule has 0 fully saturated rings. The first-order valence-corrected chi connectivity index (χ1v) is 4.34. The van der Waals surface area contributed by atoms with Gasteiger partial charge in [-0.1, -0.05) is 24.3 Å². The van der Waals surface area contributed by atoms with Crippen molar-refractivity contribution < 1.29 is 15.0 Å². The van der Waals surface area contributed by atoms with Crippen LogP contribution >= 0.6 is 0 Å². The Labute approximate surface area is 82.3 Å². The fraction of sp³-hybridized carbons (Fsp3) is 0.182. The second-order valence-electron chi connectivity index (χ2n) is 2.84. The second-order valence-corrected chi connectivity index (χ2v) is 2.84. The van der Waals surface area contributed by atoms with Crippen LogP contribution < -0.4 is 0 Å². The molecule has 1 aromatic rings. The summed E-state index contributed by atoms with van der Waals surface area (Å²) in [4.78, 5) is 10.3. The molecule has 0 bridgehead atoms. The van der Waals surface area contributed by atoms with Gasteiger partial charge in [0.1, 0.15) is 0 Å². The normalized spacial score (nSPS) is 10.6. The third-order valence-corrected chi connectivity index (χ3v) is 1.84. The molecule has 0 aliphatic rings. The number of carboxylic acid groups (broad SMARTS) is 1. The van der Waals surface area contributed by atoms with Crippen LogP contribution in [0.1, 0.15) is 11.1 Å². The molecule has 0 saturated heterocycles. The second kappa shape index (κ2) is 5.19. The summed E-state index contributed by atoms with van der Waals surface area (Å²) in [6, 6.07) is 7.40. The van der Waals surface area contributed by atoms with E-state index in [0.29, 0.717) is 6.42 Å². The lowest BCUT2D eigenvalue weighted by atomic mass is 10.0. The molecule has 0 atom stereocenters. The van der Waals surface area contributed by atoms with Gasteiger partial charge in [-0.05, 0) is 23.6 Å². The number of benzene rings is 1. The van der Waals surface area contributed by atoms with Crippen LogP contribution in [-0.4, -0.2) is 22.8 Å². The molecule has 2 N–H and O–H groups in total. The maximum absolute atomic E-state index is 10.3. The van der Waals surface area contributed by atoms with Crippen molar-refractivity contribution in [2.45, 2.75) is 6.42 Å². The van der Waals surface area contributed by atoms with Crippen molar-refractivity contribution >= 4 is 12.0 Å². The fourth-order valence-corrected chi connectivity index (χ4v) is 1.21. The summed E-state index contributed by atoms with van der Waals surface area (Å²) >= 11 is 0. The fourth-order valence-electron chi connectivity index (χ4n) is 1.21. The predicted molar refractivity (Wildman–Crippen MR) is 53.9 cm³/mol. The first kappa shape index (κ1) is 10.5. The van der Waals surface area contributed by atoms with Gasteiger partial charge in [0.2, 0.25) is 0 Å². The van der Waals surface area contributed by atoms with E-state index in [-0.39, 0.29) is 6.61 Å². The van der Waals surface area contributed by atoms with Crippen molar-refractivity contribution in [3.05, 3.63) is 41.5 Å². The summed E-state index contributed by atoms with van der Waals surface area (Å²) in [6.07, 6.45) is 3.17. The SMILES string of the molecule is O=C(O)/C=C/c1ccccc1CCO. The molecule has 0 radical (unpaired) electrons. The topological polar surface area (TPSA) is 57.5 Å². The number of aliphatic hydroxyl groups excluding tert-OH is 1. The summed E-state index contributed by atoms with van der Waals surface area (Å²) < 4.78 is 0. The molecule has 0 unspecified atom stereocenters. The lowest BCUT2D eigenvalue weighted by Gasteiger charge is -2.02. The molecule has 3 nitrogen and oxygen atoms in total. The van der Waals surface area contributed by atoms with Crippen molar-refractivity contribution in [3.63, 3.8) is 0 Å². The molecule has 1 rings (SSSR count). The highest BCUT2D eigenvalue weighted by atomic mass is 16.4. The average Bonchev–Trinajstić information content (AvgIpc) is 2.17. The molecule has 1 aromatic carbocycles. The third-order valence-electron chi connectivity index (χ3n) is 1.84. The largest absolute Gasteiger partial charge is 0.478 e. The Morgan fingerprint density at radius 3 is 2.71 bits per heavy atom. The number of aliphatic carboxylic acids is 1. The molecular formula is C11H12O3. The zero-order valence-electron chi connectivity index (χ0n) is 7.68. The molecule has 0 amide bonds. The van der Waals surface area contributed by atoms with E-state index in [9.17, 15) is 4.79 Å². The highest BCUT2D eigenvalue weighted by Gasteiger charge is 1.97. The molecule has 0 saturated carbocycles. The van der Waals surface area contributed by atoms with Gasteiger partial charge in [-0.2, -0.15) is 0 Å².